The minimum Gasteiger partial charge on any atom is -0.345 e. The number of nitrogens with zero attached hydrogens (tertiary/aromatic N) is 4. The topological polar surface area (TPSA) is 49.3 Å². The van der Waals surface area contributed by atoms with Crippen LogP contribution in [0.25, 0.3) is 0 Å². The average Bonchev–Trinajstić information content (AvgIpc) is 3.11. The zero-order chi connectivity index (χ0) is 15.4. The van der Waals surface area contributed by atoms with Crippen LogP contribution < -0.4 is 4.90 Å². The van der Waals surface area contributed by atoms with Crippen molar-refractivity contribution in [3.05, 3.63) is 28.2 Å². The highest BCUT2D eigenvalue weighted by molar-refractivity contribution is 7.09. The van der Waals surface area contributed by atoms with Gasteiger partial charge in [-0.3, -0.25) is 4.79 Å². The first-order chi connectivity index (χ1) is 10.7. The van der Waals surface area contributed by atoms with Crippen LogP contribution in [0.15, 0.2) is 16.8 Å². The van der Waals surface area contributed by atoms with Gasteiger partial charge in [0, 0.05) is 44.1 Å². The summed E-state index contributed by atoms with van der Waals surface area (Å²) >= 11 is 3.13. The van der Waals surface area contributed by atoms with Gasteiger partial charge < -0.3 is 9.80 Å². The van der Waals surface area contributed by atoms with Gasteiger partial charge in [-0.05, 0) is 42.2 Å². The largest absolute Gasteiger partial charge is 0.345 e. The van der Waals surface area contributed by atoms with Crippen LogP contribution in [0, 0.1) is 6.92 Å². The molecule has 1 aliphatic heterocycles. The van der Waals surface area contributed by atoms with Crippen LogP contribution in [-0.4, -0.2) is 46.3 Å². The van der Waals surface area contributed by atoms with Crippen LogP contribution in [-0.2, 0) is 11.2 Å². The molecule has 7 heteroatoms. The quantitative estimate of drug-likeness (QED) is 0.861. The molecule has 2 aromatic rings. The molecule has 1 fully saturated rings. The van der Waals surface area contributed by atoms with Gasteiger partial charge in [-0.25, -0.2) is 4.98 Å². The van der Waals surface area contributed by atoms with E-state index in [1.807, 2.05) is 11.8 Å². The molecule has 0 aliphatic carbocycles. The Balaban J connectivity index is 1.52. The summed E-state index contributed by atoms with van der Waals surface area (Å²) in [5.74, 6) is 1.09. The summed E-state index contributed by atoms with van der Waals surface area (Å²) in [4.78, 5) is 21.1. The van der Waals surface area contributed by atoms with Crippen molar-refractivity contribution >= 4 is 33.9 Å². The highest BCUT2D eigenvalue weighted by atomic mass is 32.1. The molecule has 0 aromatic carbocycles. The summed E-state index contributed by atoms with van der Waals surface area (Å²) in [5.41, 5.74) is 1.26. The highest BCUT2D eigenvalue weighted by Crippen LogP contribution is 2.19. The van der Waals surface area contributed by atoms with E-state index in [1.165, 1.54) is 17.1 Å². The lowest BCUT2D eigenvalue weighted by Crippen LogP contribution is -2.35. The summed E-state index contributed by atoms with van der Waals surface area (Å²) in [5, 5.41) is 5.16. The van der Waals surface area contributed by atoms with Crippen molar-refractivity contribution in [2.24, 2.45) is 0 Å². The lowest BCUT2D eigenvalue weighted by molar-refractivity contribution is -0.130. The summed E-state index contributed by atoms with van der Waals surface area (Å²) in [6.07, 6.45) is 2.44. The second-order valence-electron chi connectivity index (χ2n) is 5.48. The number of anilines is 1. The first-order valence-corrected chi connectivity index (χ1v) is 9.28. The van der Waals surface area contributed by atoms with E-state index in [4.69, 9.17) is 0 Å². The first-order valence-electron chi connectivity index (χ1n) is 7.56. The van der Waals surface area contributed by atoms with Gasteiger partial charge >= 0.3 is 0 Å². The highest BCUT2D eigenvalue weighted by Gasteiger charge is 2.20. The number of hydrogen-bond donors (Lipinski definition) is 0. The molecule has 0 N–H and O–H groups in total. The van der Waals surface area contributed by atoms with Crippen LogP contribution in [0.2, 0.25) is 0 Å². The van der Waals surface area contributed by atoms with Gasteiger partial charge in [0.15, 0.2) is 0 Å². The second kappa shape index (κ2) is 7.19. The van der Waals surface area contributed by atoms with Crippen molar-refractivity contribution in [1.29, 1.82) is 0 Å². The standard InChI is InChI=1S/C15H20N4OS2/c1-12-16-15(22-17-12)19-7-2-6-18(8-9-19)14(20)4-3-13-5-10-21-11-13/h5,10-11H,2-4,6-9H2,1H3. The third kappa shape index (κ3) is 3.84. The lowest BCUT2D eigenvalue weighted by atomic mass is 10.2. The lowest BCUT2D eigenvalue weighted by Gasteiger charge is -2.21. The smallest absolute Gasteiger partial charge is 0.222 e. The van der Waals surface area contributed by atoms with E-state index in [-0.39, 0.29) is 5.91 Å². The fourth-order valence-electron chi connectivity index (χ4n) is 2.62. The van der Waals surface area contributed by atoms with Gasteiger partial charge in [0.1, 0.15) is 5.82 Å². The Kier molecular flexibility index (Phi) is 5.04. The molecule has 2 aromatic heterocycles. The van der Waals surface area contributed by atoms with Crippen LogP contribution in [0.4, 0.5) is 5.13 Å². The van der Waals surface area contributed by atoms with Crippen molar-refractivity contribution in [3.8, 4) is 0 Å². The molecule has 0 bridgehead atoms. The molecule has 0 spiro atoms. The molecule has 0 atom stereocenters. The van der Waals surface area contributed by atoms with Gasteiger partial charge in [-0.15, -0.1) is 0 Å². The Hall–Kier alpha value is -1.47. The predicted molar refractivity (Wildman–Crippen MR) is 90.7 cm³/mol. The van der Waals surface area contributed by atoms with Crippen LogP contribution in [0.3, 0.4) is 0 Å². The Labute approximate surface area is 138 Å². The molecule has 3 rings (SSSR count). The van der Waals surface area contributed by atoms with E-state index >= 15 is 0 Å². The minimum atomic E-state index is 0.265. The molecule has 0 radical (unpaired) electrons. The molecular weight excluding hydrogens is 316 g/mol. The van der Waals surface area contributed by atoms with Crippen molar-refractivity contribution in [2.75, 3.05) is 31.1 Å². The number of amides is 1. The summed E-state index contributed by atoms with van der Waals surface area (Å²) in [6, 6.07) is 2.10. The normalized spacial score (nSPS) is 15.9. The van der Waals surface area contributed by atoms with Crippen LogP contribution >= 0.6 is 22.9 Å². The molecule has 1 saturated heterocycles. The van der Waals surface area contributed by atoms with Gasteiger partial charge in [0.2, 0.25) is 11.0 Å². The van der Waals surface area contributed by atoms with E-state index in [0.29, 0.717) is 6.42 Å². The molecule has 1 aliphatic rings. The molecule has 3 heterocycles. The number of aromatic nitrogens is 2. The van der Waals surface area contributed by atoms with E-state index in [9.17, 15) is 4.79 Å². The fraction of sp³-hybridized carbons (Fsp3) is 0.533. The first kappa shape index (κ1) is 15.4. The van der Waals surface area contributed by atoms with E-state index in [0.717, 1.165) is 50.0 Å². The number of carbonyl (C=O) groups is 1. The number of thiophene rings is 1. The van der Waals surface area contributed by atoms with Crippen LogP contribution in [0.5, 0.6) is 0 Å². The maximum atomic E-state index is 12.4. The fourth-order valence-corrected chi connectivity index (χ4v) is 4.05. The number of hydrogen-bond acceptors (Lipinski definition) is 6. The van der Waals surface area contributed by atoms with E-state index < -0.39 is 0 Å². The Morgan fingerprint density at radius 3 is 2.95 bits per heavy atom. The molecule has 5 nitrogen and oxygen atoms in total. The third-order valence-corrected chi connectivity index (χ3v) is 5.44. The zero-order valence-electron chi connectivity index (χ0n) is 12.7. The molecule has 0 saturated carbocycles. The van der Waals surface area contributed by atoms with Crippen molar-refractivity contribution < 1.29 is 4.79 Å². The summed E-state index contributed by atoms with van der Waals surface area (Å²) in [7, 11) is 0. The molecule has 0 unspecified atom stereocenters. The zero-order valence-corrected chi connectivity index (χ0v) is 14.3. The van der Waals surface area contributed by atoms with Gasteiger partial charge in [-0.1, -0.05) is 0 Å². The summed E-state index contributed by atoms with van der Waals surface area (Å²) in [6.45, 7) is 5.33. The maximum Gasteiger partial charge on any atom is 0.222 e. The van der Waals surface area contributed by atoms with E-state index in [1.54, 1.807) is 11.3 Å². The van der Waals surface area contributed by atoms with Crippen molar-refractivity contribution in [3.63, 3.8) is 0 Å². The van der Waals surface area contributed by atoms with Gasteiger partial charge in [0.05, 0.1) is 0 Å². The third-order valence-electron chi connectivity index (χ3n) is 3.84. The minimum absolute atomic E-state index is 0.265. The predicted octanol–water partition coefficient (Wildman–Crippen LogP) is 2.58. The van der Waals surface area contributed by atoms with Crippen molar-refractivity contribution in [2.45, 2.75) is 26.2 Å². The average molecular weight is 336 g/mol. The molecule has 118 valence electrons. The SMILES string of the molecule is Cc1nsc(N2CCCN(C(=O)CCc3ccsc3)CC2)n1. The van der Waals surface area contributed by atoms with Crippen LogP contribution in [0.1, 0.15) is 24.2 Å². The molecular formula is C15H20N4OS2. The monoisotopic (exact) mass is 336 g/mol. The van der Waals surface area contributed by atoms with Crippen molar-refractivity contribution in [1.82, 2.24) is 14.3 Å². The Morgan fingerprint density at radius 2 is 2.23 bits per heavy atom. The number of rotatable bonds is 4. The Morgan fingerprint density at radius 1 is 1.32 bits per heavy atom. The van der Waals surface area contributed by atoms with Gasteiger partial charge in [-0.2, -0.15) is 15.7 Å². The maximum absolute atomic E-state index is 12.4. The Bertz CT molecular complexity index is 611. The number of carbonyl (C=O) groups excluding carboxylic acids is 1. The molecule has 22 heavy (non-hydrogen) atoms. The van der Waals surface area contributed by atoms with Gasteiger partial charge in [0.25, 0.3) is 0 Å². The second-order valence-corrected chi connectivity index (χ2v) is 6.99. The summed E-state index contributed by atoms with van der Waals surface area (Å²) < 4.78 is 4.24. The number of aryl methyl sites for hydroxylation is 2. The van der Waals surface area contributed by atoms with E-state index in [2.05, 4.69) is 31.1 Å². The molecule has 1 amide bonds.